The molecule has 13 nitrogen and oxygen atoms in total. The molecule has 0 saturated carbocycles. The molecule has 0 aromatic heterocycles. The summed E-state index contributed by atoms with van der Waals surface area (Å²) < 4.78 is 23.0. The lowest BCUT2D eigenvalue weighted by Crippen LogP contribution is -2.41. The molecular formula is C50H55N3O10. The van der Waals surface area contributed by atoms with Crippen molar-refractivity contribution in [2.45, 2.75) is 84.9 Å². The first kappa shape index (κ1) is 45.5. The van der Waals surface area contributed by atoms with Crippen molar-refractivity contribution in [2.75, 3.05) is 25.6 Å². The number of phenols is 2. The highest BCUT2D eigenvalue weighted by molar-refractivity contribution is 5.98. The van der Waals surface area contributed by atoms with E-state index in [0.717, 1.165) is 27.8 Å². The lowest BCUT2D eigenvalue weighted by Gasteiger charge is -2.22. The molecular weight excluding hydrogens is 803 g/mol. The number of hydrogen-bond donors (Lipinski definition) is 5. The second kappa shape index (κ2) is 21.2. The summed E-state index contributed by atoms with van der Waals surface area (Å²) in [5, 5.41) is 32.3. The minimum absolute atomic E-state index is 0.00905. The van der Waals surface area contributed by atoms with Crippen molar-refractivity contribution in [3.8, 4) is 23.0 Å². The van der Waals surface area contributed by atoms with E-state index in [1.807, 2.05) is 80.6 Å². The molecule has 13 heteroatoms. The minimum Gasteiger partial charge on any atom is -0.507 e. The Morgan fingerprint density at radius 3 is 1.56 bits per heavy atom. The zero-order chi connectivity index (χ0) is 45.0. The first-order valence-electron chi connectivity index (χ1n) is 21.2. The zero-order valence-electron chi connectivity index (χ0n) is 36.3. The first-order valence-corrected chi connectivity index (χ1v) is 21.2. The summed E-state index contributed by atoms with van der Waals surface area (Å²) in [4.78, 5) is 52.2. The van der Waals surface area contributed by atoms with Crippen LogP contribution in [0.2, 0.25) is 0 Å². The fraction of sp³-hybridized carbons (Fsp3) is 0.320. The number of rotatable bonds is 14. The van der Waals surface area contributed by atoms with Gasteiger partial charge in [0.2, 0.25) is 5.91 Å². The van der Waals surface area contributed by atoms with Crippen LogP contribution in [0, 0.1) is 0 Å². The van der Waals surface area contributed by atoms with Crippen LogP contribution in [-0.2, 0) is 51.4 Å². The molecule has 63 heavy (non-hydrogen) atoms. The number of ether oxygens (including phenoxy) is 4. The minimum atomic E-state index is -0.965. The summed E-state index contributed by atoms with van der Waals surface area (Å²) in [6.45, 7) is 7.90. The third-order valence-electron chi connectivity index (χ3n) is 10.7. The Labute approximate surface area is 367 Å². The molecule has 2 atom stereocenters. The second-order valence-corrected chi connectivity index (χ2v) is 15.6. The summed E-state index contributed by atoms with van der Waals surface area (Å²) >= 11 is 0. The van der Waals surface area contributed by atoms with Crippen molar-refractivity contribution < 1.29 is 48.3 Å². The molecule has 330 valence electrons. The van der Waals surface area contributed by atoms with Gasteiger partial charge in [0.15, 0.2) is 0 Å². The molecule has 1 aliphatic carbocycles. The highest BCUT2D eigenvalue weighted by atomic mass is 16.5. The summed E-state index contributed by atoms with van der Waals surface area (Å²) in [5.41, 5.74) is 6.33. The van der Waals surface area contributed by atoms with E-state index in [-0.39, 0.29) is 49.4 Å². The molecule has 1 aliphatic rings. The second-order valence-electron chi connectivity index (χ2n) is 15.6. The van der Waals surface area contributed by atoms with Crippen LogP contribution in [0.15, 0.2) is 91.0 Å². The first-order chi connectivity index (χ1) is 30.4. The lowest BCUT2D eigenvalue weighted by molar-refractivity contribution is -0.142. The number of carbonyl (C=O) groups excluding carboxylic acids is 4. The van der Waals surface area contributed by atoms with Crippen molar-refractivity contribution in [2.24, 2.45) is 0 Å². The van der Waals surface area contributed by atoms with Gasteiger partial charge in [0.25, 0.3) is 5.91 Å². The van der Waals surface area contributed by atoms with Crippen molar-refractivity contribution in [1.29, 1.82) is 0 Å². The molecule has 0 aliphatic heterocycles. The molecule has 5 N–H and O–H groups in total. The van der Waals surface area contributed by atoms with Crippen LogP contribution in [0.4, 0.5) is 10.5 Å². The Morgan fingerprint density at radius 2 is 1.10 bits per heavy atom. The van der Waals surface area contributed by atoms with E-state index in [1.54, 1.807) is 31.2 Å². The monoisotopic (exact) mass is 857 g/mol. The number of aromatic hydroxyl groups is 2. The normalized spacial score (nSPS) is 12.8. The fourth-order valence-corrected chi connectivity index (χ4v) is 7.47. The number of phenolic OH excluding ortho intramolecular Hbond substituents is 2. The number of fused-ring (bicyclic) bond motifs is 8. The SMILES string of the molecule is CCCOc1c2cccc1Cc1cc(C(=O)N[C@H](C)C(=O)OC)cc(c1O)Cc1cccc(c1OCCC)Cc1cc(NC(=O)[C@H](C)NC(=O)OCc3ccccc3)cc(c1O)C2. The van der Waals surface area contributed by atoms with Gasteiger partial charge in [-0.25, -0.2) is 9.59 Å². The Balaban J connectivity index is 1.43. The fourth-order valence-electron chi connectivity index (χ4n) is 7.47. The van der Waals surface area contributed by atoms with Crippen LogP contribution in [0.1, 0.15) is 101 Å². The van der Waals surface area contributed by atoms with Gasteiger partial charge in [0, 0.05) is 48.1 Å². The van der Waals surface area contributed by atoms with Gasteiger partial charge in [0.05, 0.1) is 20.3 Å². The number of nitrogens with one attached hydrogen (secondary N) is 3. The van der Waals surface area contributed by atoms with Gasteiger partial charge in [-0.1, -0.05) is 80.6 Å². The van der Waals surface area contributed by atoms with Gasteiger partial charge < -0.3 is 45.1 Å². The van der Waals surface area contributed by atoms with Crippen LogP contribution in [-0.4, -0.2) is 66.5 Å². The summed E-state index contributed by atoms with van der Waals surface area (Å²) in [7, 11) is 1.25. The topological polar surface area (TPSA) is 182 Å². The van der Waals surface area contributed by atoms with E-state index in [0.29, 0.717) is 65.5 Å². The predicted molar refractivity (Wildman–Crippen MR) is 239 cm³/mol. The van der Waals surface area contributed by atoms with Crippen LogP contribution in [0.25, 0.3) is 0 Å². The molecule has 0 unspecified atom stereocenters. The number of benzene rings is 5. The number of alkyl carbamates (subject to hydrolysis) is 1. The highest BCUT2D eigenvalue weighted by Gasteiger charge is 2.25. The number of carbonyl (C=O) groups is 4. The molecule has 0 fully saturated rings. The number of hydrogen-bond acceptors (Lipinski definition) is 10. The molecule has 0 saturated heterocycles. The maximum atomic E-state index is 13.7. The number of methoxy groups -OCH3 is 1. The van der Waals surface area contributed by atoms with Crippen LogP contribution < -0.4 is 25.4 Å². The number of para-hydroxylation sites is 2. The van der Waals surface area contributed by atoms with Gasteiger partial charge in [0.1, 0.15) is 41.7 Å². The highest BCUT2D eigenvalue weighted by Crippen LogP contribution is 2.39. The Kier molecular flexibility index (Phi) is 15.3. The third kappa shape index (κ3) is 11.5. The van der Waals surface area contributed by atoms with Gasteiger partial charge in [-0.3, -0.25) is 9.59 Å². The van der Waals surface area contributed by atoms with Gasteiger partial charge in [-0.05, 0) is 89.9 Å². The van der Waals surface area contributed by atoms with Crippen molar-refractivity contribution >= 4 is 29.6 Å². The molecule has 0 radical (unpaired) electrons. The van der Waals surface area contributed by atoms with E-state index in [1.165, 1.54) is 14.0 Å². The largest absolute Gasteiger partial charge is 0.507 e. The van der Waals surface area contributed by atoms with Crippen LogP contribution in [0.5, 0.6) is 23.0 Å². The average molecular weight is 858 g/mol. The van der Waals surface area contributed by atoms with Gasteiger partial charge in [-0.2, -0.15) is 0 Å². The van der Waals surface area contributed by atoms with Crippen molar-refractivity contribution in [3.63, 3.8) is 0 Å². The predicted octanol–water partition coefficient (Wildman–Crippen LogP) is 7.90. The van der Waals surface area contributed by atoms with E-state index in [4.69, 9.17) is 18.9 Å². The van der Waals surface area contributed by atoms with Gasteiger partial charge >= 0.3 is 12.1 Å². The molecule has 0 heterocycles. The van der Waals surface area contributed by atoms with Crippen LogP contribution >= 0.6 is 0 Å². The van der Waals surface area contributed by atoms with E-state index >= 15 is 0 Å². The maximum Gasteiger partial charge on any atom is 0.408 e. The lowest BCUT2D eigenvalue weighted by atomic mass is 9.90. The van der Waals surface area contributed by atoms with Crippen molar-refractivity contribution in [3.05, 3.63) is 147 Å². The third-order valence-corrected chi connectivity index (χ3v) is 10.7. The molecule has 6 rings (SSSR count). The molecule has 5 aromatic carbocycles. The molecule has 3 amide bonds. The summed E-state index contributed by atoms with van der Waals surface area (Å²) in [6, 6.07) is 25.3. The van der Waals surface area contributed by atoms with E-state index < -0.39 is 36.0 Å². The standard InChI is InChI=1S/C50H55N3O10/c1-6-19-61-45-33-15-11-17-35(45)23-39-27-42(53-47(56)30(3)52-50(59)63-29-32-13-9-8-10-14-32)28-40(44(39)55)24-36-18-12-16-34(46(36)62-20-7-2)22-38-26-41(25-37(21-33)43(38)54)48(57)51-31(4)49(58)60-5/h8-18,25-28,30-31,54-55H,6-7,19-24,29H2,1-5H3,(H,51,57)(H,52,59)(H,53,56)/t30-,31+/m0/s1. The van der Waals surface area contributed by atoms with Gasteiger partial charge in [-0.15, -0.1) is 0 Å². The smallest absolute Gasteiger partial charge is 0.408 e. The Morgan fingerprint density at radius 1 is 0.619 bits per heavy atom. The summed E-state index contributed by atoms with van der Waals surface area (Å²) in [6.07, 6.45) is 1.40. The summed E-state index contributed by atoms with van der Waals surface area (Å²) in [5.74, 6) is -0.436. The number of amides is 3. The quantitative estimate of drug-likeness (QED) is 0.0534. The van der Waals surface area contributed by atoms with E-state index in [2.05, 4.69) is 16.0 Å². The molecule has 0 spiro atoms. The molecule has 5 aromatic rings. The Bertz CT molecular complexity index is 2350. The average Bonchev–Trinajstić information content (AvgIpc) is 3.27. The molecule has 8 bridgehead atoms. The van der Waals surface area contributed by atoms with Crippen LogP contribution in [0.3, 0.4) is 0 Å². The zero-order valence-corrected chi connectivity index (χ0v) is 36.3. The maximum absolute atomic E-state index is 13.7. The Hall–Kier alpha value is -7.02. The van der Waals surface area contributed by atoms with E-state index in [9.17, 15) is 29.4 Å². The number of anilines is 1. The van der Waals surface area contributed by atoms with Crippen molar-refractivity contribution in [1.82, 2.24) is 10.6 Å². The number of esters is 1.